The van der Waals surface area contributed by atoms with Gasteiger partial charge in [0, 0.05) is 12.1 Å². The first kappa shape index (κ1) is 16.4. The summed E-state index contributed by atoms with van der Waals surface area (Å²) in [6, 6.07) is 4.29. The van der Waals surface area contributed by atoms with Crippen LogP contribution in [0.2, 0.25) is 5.02 Å². The van der Waals surface area contributed by atoms with Crippen LogP contribution in [0.3, 0.4) is 0 Å². The first-order valence-corrected chi connectivity index (χ1v) is 7.89. The van der Waals surface area contributed by atoms with Gasteiger partial charge in [-0.1, -0.05) is 44.6 Å². The van der Waals surface area contributed by atoms with Gasteiger partial charge in [-0.15, -0.1) is 0 Å². The van der Waals surface area contributed by atoms with Gasteiger partial charge in [0.2, 0.25) is 10.0 Å². The number of benzene rings is 1. The molecule has 7 heteroatoms. The van der Waals surface area contributed by atoms with Crippen LogP contribution in [0.4, 0.5) is 0 Å². The highest BCUT2D eigenvalue weighted by Crippen LogP contribution is 2.21. The number of hydrogen-bond acceptors (Lipinski definition) is 3. The van der Waals surface area contributed by atoms with E-state index in [2.05, 4.69) is 4.72 Å². The normalized spacial score (nSPS) is 12.4. The number of hydrogen-bond donors (Lipinski definition) is 2. The molecule has 0 aliphatic heterocycles. The lowest BCUT2D eigenvalue weighted by Crippen LogP contribution is -2.32. The Morgan fingerprint density at radius 1 is 1.42 bits per heavy atom. The van der Waals surface area contributed by atoms with Crippen LogP contribution in [0.25, 0.3) is 0 Å². The molecule has 0 atom stereocenters. The molecule has 0 radical (unpaired) electrons. The highest BCUT2D eigenvalue weighted by molar-refractivity contribution is 7.89. The van der Waals surface area contributed by atoms with E-state index in [1.165, 1.54) is 18.2 Å². The fourth-order valence-corrected chi connectivity index (χ4v) is 3.15. The predicted molar refractivity (Wildman–Crippen MR) is 82.0 cm³/mol. The van der Waals surface area contributed by atoms with E-state index in [9.17, 15) is 8.42 Å². The van der Waals surface area contributed by atoms with Crippen LogP contribution in [-0.2, 0) is 10.0 Å². The zero-order valence-corrected chi connectivity index (χ0v) is 13.4. The Morgan fingerprint density at radius 2 is 2.00 bits per heavy atom. The maximum Gasteiger partial charge on any atom is 0.240 e. The number of sulfonamides is 1. The third-order valence-corrected chi connectivity index (χ3v) is 4.24. The summed E-state index contributed by atoms with van der Waals surface area (Å²) in [5, 5.41) is 0.228. The number of thiocarbonyl (C=S) groups is 1. The maximum atomic E-state index is 12.1. The highest BCUT2D eigenvalue weighted by Gasteiger charge is 2.19. The molecule has 0 aliphatic rings. The van der Waals surface area contributed by atoms with Crippen molar-refractivity contribution in [2.75, 3.05) is 6.54 Å². The first-order valence-electron chi connectivity index (χ1n) is 5.62. The van der Waals surface area contributed by atoms with Gasteiger partial charge in [-0.05, 0) is 23.6 Å². The minimum absolute atomic E-state index is 0.0988. The highest BCUT2D eigenvalue weighted by atomic mass is 35.5. The van der Waals surface area contributed by atoms with E-state index in [1.54, 1.807) is 0 Å². The molecule has 0 bridgehead atoms. The van der Waals surface area contributed by atoms with Crippen LogP contribution in [-0.4, -0.2) is 20.0 Å². The molecule has 0 fully saturated rings. The summed E-state index contributed by atoms with van der Waals surface area (Å²) in [7, 11) is -3.58. The smallest absolute Gasteiger partial charge is 0.240 e. The molecule has 1 rings (SSSR count). The van der Waals surface area contributed by atoms with E-state index in [1.807, 2.05) is 20.8 Å². The van der Waals surface area contributed by atoms with Crippen molar-refractivity contribution >= 4 is 38.8 Å². The zero-order chi connectivity index (χ0) is 14.8. The summed E-state index contributed by atoms with van der Waals surface area (Å²) in [6.07, 6.45) is 0. The van der Waals surface area contributed by atoms with Crippen molar-refractivity contribution in [1.82, 2.24) is 4.72 Å². The van der Waals surface area contributed by atoms with E-state index >= 15 is 0 Å². The SMILES string of the molecule is CC(C)(C)CNS(=O)(=O)c1ccc(C(N)=S)c(Cl)c1. The molecular weight excluding hydrogens is 304 g/mol. The van der Waals surface area contributed by atoms with Crippen LogP contribution in [0.5, 0.6) is 0 Å². The van der Waals surface area contributed by atoms with Crippen molar-refractivity contribution in [3.63, 3.8) is 0 Å². The molecule has 0 aliphatic carbocycles. The van der Waals surface area contributed by atoms with Crippen LogP contribution in [0, 0.1) is 5.41 Å². The second-order valence-corrected chi connectivity index (χ2v) is 8.01. The monoisotopic (exact) mass is 320 g/mol. The lowest BCUT2D eigenvalue weighted by Gasteiger charge is -2.19. The number of halogens is 1. The number of rotatable bonds is 4. The molecule has 0 aromatic heterocycles. The van der Waals surface area contributed by atoms with Gasteiger partial charge in [-0.3, -0.25) is 0 Å². The van der Waals surface area contributed by atoms with E-state index in [0.717, 1.165) is 0 Å². The third-order valence-electron chi connectivity index (χ3n) is 2.31. The number of nitrogens with two attached hydrogens (primary N) is 1. The van der Waals surface area contributed by atoms with Crippen molar-refractivity contribution in [3.8, 4) is 0 Å². The molecule has 0 unspecified atom stereocenters. The van der Waals surface area contributed by atoms with Crippen molar-refractivity contribution in [3.05, 3.63) is 28.8 Å². The Labute approximate surface area is 124 Å². The molecule has 1 aromatic rings. The van der Waals surface area contributed by atoms with Crippen LogP contribution in [0.1, 0.15) is 26.3 Å². The minimum atomic E-state index is -3.58. The summed E-state index contributed by atoms with van der Waals surface area (Å²) < 4.78 is 26.7. The Balaban J connectivity index is 3.03. The molecule has 19 heavy (non-hydrogen) atoms. The molecule has 0 saturated heterocycles. The average Bonchev–Trinajstić information content (AvgIpc) is 2.25. The van der Waals surface area contributed by atoms with Crippen molar-refractivity contribution in [1.29, 1.82) is 0 Å². The van der Waals surface area contributed by atoms with Gasteiger partial charge >= 0.3 is 0 Å². The Kier molecular flexibility index (Phi) is 4.95. The second kappa shape index (κ2) is 5.75. The second-order valence-electron chi connectivity index (χ2n) is 5.39. The topological polar surface area (TPSA) is 72.2 Å². The van der Waals surface area contributed by atoms with E-state index in [-0.39, 0.29) is 20.3 Å². The molecule has 0 amide bonds. The van der Waals surface area contributed by atoms with E-state index in [4.69, 9.17) is 29.6 Å². The van der Waals surface area contributed by atoms with Crippen molar-refractivity contribution in [2.45, 2.75) is 25.7 Å². The maximum absolute atomic E-state index is 12.1. The molecule has 106 valence electrons. The van der Waals surface area contributed by atoms with Gasteiger partial charge in [-0.25, -0.2) is 13.1 Å². The summed E-state index contributed by atoms with van der Waals surface area (Å²) in [6.45, 7) is 6.17. The lowest BCUT2D eigenvalue weighted by atomic mass is 9.98. The van der Waals surface area contributed by atoms with E-state index in [0.29, 0.717) is 12.1 Å². The third kappa shape index (κ3) is 4.72. The van der Waals surface area contributed by atoms with Gasteiger partial charge in [0.25, 0.3) is 0 Å². The van der Waals surface area contributed by atoms with Crippen molar-refractivity contribution in [2.24, 2.45) is 11.1 Å². The summed E-state index contributed by atoms with van der Waals surface area (Å²) >= 11 is 10.8. The van der Waals surface area contributed by atoms with Crippen LogP contribution >= 0.6 is 23.8 Å². The number of nitrogens with one attached hydrogen (secondary N) is 1. The van der Waals surface area contributed by atoms with E-state index < -0.39 is 10.0 Å². The molecule has 0 spiro atoms. The average molecular weight is 321 g/mol. The molecule has 3 N–H and O–H groups in total. The predicted octanol–water partition coefficient (Wildman–Crippen LogP) is 2.30. The summed E-state index contributed by atoms with van der Waals surface area (Å²) in [5.41, 5.74) is 5.79. The van der Waals surface area contributed by atoms with Crippen LogP contribution < -0.4 is 10.5 Å². The summed E-state index contributed by atoms with van der Waals surface area (Å²) in [4.78, 5) is 0.235. The quantitative estimate of drug-likeness (QED) is 0.835. The molecule has 4 nitrogen and oxygen atoms in total. The summed E-state index contributed by atoms with van der Waals surface area (Å²) in [5.74, 6) is 0. The minimum Gasteiger partial charge on any atom is -0.389 e. The van der Waals surface area contributed by atoms with Gasteiger partial charge in [0.05, 0.1) is 9.92 Å². The molecule has 0 heterocycles. The Hall–Kier alpha value is -0.690. The lowest BCUT2D eigenvalue weighted by molar-refractivity contribution is 0.407. The Morgan fingerprint density at radius 3 is 2.42 bits per heavy atom. The van der Waals surface area contributed by atoms with Gasteiger partial charge in [0.1, 0.15) is 4.99 Å². The fraction of sp³-hybridized carbons (Fsp3) is 0.417. The zero-order valence-electron chi connectivity index (χ0n) is 11.0. The largest absolute Gasteiger partial charge is 0.389 e. The molecular formula is C12H17ClN2O2S2. The Bertz CT molecular complexity index is 592. The first-order chi connectivity index (χ1) is 8.53. The molecule has 1 aromatic carbocycles. The van der Waals surface area contributed by atoms with Gasteiger partial charge < -0.3 is 5.73 Å². The van der Waals surface area contributed by atoms with Crippen molar-refractivity contribution < 1.29 is 8.42 Å². The standard InChI is InChI=1S/C12H17ClN2O2S2/c1-12(2,3)7-15-19(16,17)8-4-5-9(11(14)18)10(13)6-8/h4-6,15H,7H2,1-3H3,(H2,14,18). The van der Waals surface area contributed by atoms with Gasteiger partial charge in [-0.2, -0.15) is 0 Å². The fourth-order valence-electron chi connectivity index (χ4n) is 1.26. The van der Waals surface area contributed by atoms with Crippen LogP contribution in [0.15, 0.2) is 23.1 Å². The molecule has 0 saturated carbocycles. The van der Waals surface area contributed by atoms with Gasteiger partial charge in [0.15, 0.2) is 0 Å².